The predicted octanol–water partition coefficient (Wildman–Crippen LogP) is 5.99. The number of ether oxygens (including phenoxy) is 1. The standard InChI is InChI=1S/C23H18F2N2O2S/c1-13(14-3-4-16-10-18(29-2)7-5-15(16)9-14)22(28)27-23-26-21(12-30-23)17-6-8-19(24)20(25)11-17/h3-13H,1-2H3,(H,26,27,28). The van der Waals surface area contributed by atoms with Crippen molar-refractivity contribution in [1.29, 1.82) is 0 Å². The van der Waals surface area contributed by atoms with Crippen LogP contribution in [0.1, 0.15) is 18.4 Å². The van der Waals surface area contributed by atoms with Gasteiger partial charge in [-0.3, -0.25) is 4.79 Å². The lowest BCUT2D eigenvalue weighted by atomic mass is 9.97. The largest absolute Gasteiger partial charge is 0.497 e. The molecule has 4 nitrogen and oxygen atoms in total. The van der Waals surface area contributed by atoms with E-state index >= 15 is 0 Å². The van der Waals surface area contributed by atoms with Crippen LogP contribution in [0.15, 0.2) is 60.0 Å². The summed E-state index contributed by atoms with van der Waals surface area (Å²) >= 11 is 1.23. The highest BCUT2D eigenvalue weighted by Crippen LogP contribution is 2.29. The number of methoxy groups -OCH3 is 1. The molecule has 0 bridgehead atoms. The van der Waals surface area contributed by atoms with E-state index in [1.807, 2.05) is 43.3 Å². The van der Waals surface area contributed by atoms with E-state index in [4.69, 9.17) is 4.74 Å². The van der Waals surface area contributed by atoms with Crippen LogP contribution in [0.2, 0.25) is 0 Å². The van der Waals surface area contributed by atoms with E-state index in [0.717, 1.165) is 34.2 Å². The van der Waals surface area contributed by atoms with Crippen molar-refractivity contribution in [2.75, 3.05) is 12.4 Å². The molecule has 30 heavy (non-hydrogen) atoms. The molecule has 4 aromatic rings. The molecule has 0 aliphatic heterocycles. The second kappa shape index (κ2) is 8.20. The van der Waals surface area contributed by atoms with Gasteiger partial charge in [0.2, 0.25) is 5.91 Å². The van der Waals surface area contributed by atoms with Gasteiger partial charge >= 0.3 is 0 Å². The summed E-state index contributed by atoms with van der Waals surface area (Å²) in [5.74, 6) is -1.67. The first-order valence-corrected chi connectivity index (χ1v) is 10.1. The van der Waals surface area contributed by atoms with E-state index in [2.05, 4.69) is 10.3 Å². The van der Waals surface area contributed by atoms with Crippen molar-refractivity contribution in [1.82, 2.24) is 4.98 Å². The van der Waals surface area contributed by atoms with E-state index in [1.54, 1.807) is 12.5 Å². The van der Waals surface area contributed by atoms with Crippen LogP contribution in [-0.2, 0) is 4.79 Å². The summed E-state index contributed by atoms with van der Waals surface area (Å²) in [6.45, 7) is 1.82. The van der Waals surface area contributed by atoms with Crippen LogP contribution in [0.3, 0.4) is 0 Å². The van der Waals surface area contributed by atoms with E-state index in [0.29, 0.717) is 16.4 Å². The summed E-state index contributed by atoms with van der Waals surface area (Å²) in [7, 11) is 1.62. The smallest absolute Gasteiger partial charge is 0.233 e. The molecule has 0 fully saturated rings. The maximum atomic E-state index is 13.5. The molecule has 3 aromatic carbocycles. The van der Waals surface area contributed by atoms with Crippen LogP contribution in [0.25, 0.3) is 22.0 Å². The van der Waals surface area contributed by atoms with Crippen molar-refractivity contribution in [3.8, 4) is 17.0 Å². The monoisotopic (exact) mass is 424 g/mol. The molecule has 0 radical (unpaired) electrons. The molecule has 7 heteroatoms. The molecule has 1 unspecified atom stereocenters. The average molecular weight is 424 g/mol. The first kappa shape index (κ1) is 20.0. The van der Waals surface area contributed by atoms with Crippen molar-refractivity contribution < 1.29 is 18.3 Å². The number of thiazole rings is 1. The zero-order chi connectivity index (χ0) is 21.3. The van der Waals surface area contributed by atoms with Gasteiger partial charge in [-0.1, -0.05) is 24.3 Å². The quantitative estimate of drug-likeness (QED) is 0.428. The minimum atomic E-state index is -0.936. The van der Waals surface area contributed by atoms with Gasteiger partial charge < -0.3 is 10.1 Å². The van der Waals surface area contributed by atoms with E-state index in [9.17, 15) is 13.6 Å². The van der Waals surface area contributed by atoms with Crippen molar-refractivity contribution >= 4 is 33.1 Å². The molecule has 1 amide bonds. The van der Waals surface area contributed by atoms with Crippen molar-refractivity contribution in [2.45, 2.75) is 12.8 Å². The molecule has 152 valence electrons. The Morgan fingerprint density at radius 3 is 2.57 bits per heavy atom. The number of halogens is 2. The molecular weight excluding hydrogens is 406 g/mol. The topological polar surface area (TPSA) is 51.2 Å². The lowest BCUT2D eigenvalue weighted by Crippen LogP contribution is -2.18. The number of benzene rings is 3. The maximum Gasteiger partial charge on any atom is 0.233 e. The van der Waals surface area contributed by atoms with Gasteiger partial charge in [0.15, 0.2) is 16.8 Å². The lowest BCUT2D eigenvalue weighted by molar-refractivity contribution is -0.117. The summed E-state index contributed by atoms with van der Waals surface area (Å²) in [6, 6.07) is 15.2. The Morgan fingerprint density at radius 1 is 1.03 bits per heavy atom. The molecule has 1 N–H and O–H groups in total. The average Bonchev–Trinajstić information content (AvgIpc) is 3.22. The summed E-state index contributed by atoms with van der Waals surface area (Å²) in [5, 5.41) is 6.94. The fourth-order valence-corrected chi connectivity index (χ4v) is 3.85. The van der Waals surface area contributed by atoms with E-state index in [-0.39, 0.29) is 5.91 Å². The van der Waals surface area contributed by atoms with Crippen LogP contribution < -0.4 is 10.1 Å². The van der Waals surface area contributed by atoms with Crippen LogP contribution in [-0.4, -0.2) is 18.0 Å². The molecule has 4 rings (SSSR count). The zero-order valence-corrected chi connectivity index (χ0v) is 17.1. The van der Waals surface area contributed by atoms with Gasteiger partial charge in [-0.05, 0) is 53.6 Å². The van der Waals surface area contributed by atoms with E-state index < -0.39 is 17.6 Å². The summed E-state index contributed by atoms with van der Waals surface area (Å²) in [5.41, 5.74) is 1.80. The molecule has 0 spiro atoms. The highest BCUT2D eigenvalue weighted by molar-refractivity contribution is 7.14. The number of carbonyl (C=O) groups excluding carboxylic acids is 1. The zero-order valence-electron chi connectivity index (χ0n) is 16.3. The molecule has 0 saturated carbocycles. The lowest BCUT2D eigenvalue weighted by Gasteiger charge is -2.12. The molecule has 1 atom stereocenters. The normalized spacial score (nSPS) is 12.0. The third-order valence-corrected chi connectivity index (χ3v) is 5.67. The highest BCUT2D eigenvalue weighted by Gasteiger charge is 2.18. The molecule has 1 heterocycles. The Hall–Kier alpha value is -3.32. The Morgan fingerprint density at radius 2 is 1.80 bits per heavy atom. The fourth-order valence-electron chi connectivity index (χ4n) is 3.12. The summed E-state index contributed by atoms with van der Waals surface area (Å²) in [6.07, 6.45) is 0. The van der Waals surface area contributed by atoms with Gasteiger partial charge in [0, 0.05) is 10.9 Å². The van der Waals surface area contributed by atoms with Gasteiger partial charge in [-0.15, -0.1) is 11.3 Å². The van der Waals surface area contributed by atoms with Gasteiger partial charge in [0.05, 0.1) is 18.7 Å². The number of aromatic nitrogens is 1. The van der Waals surface area contributed by atoms with Crippen LogP contribution in [0.5, 0.6) is 5.75 Å². The highest BCUT2D eigenvalue weighted by atomic mass is 32.1. The number of amides is 1. The molecule has 0 aliphatic rings. The van der Waals surface area contributed by atoms with Crippen LogP contribution in [0.4, 0.5) is 13.9 Å². The minimum absolute atomic E-state index is 0.200. The molecule has 0 aliphatic carbocycles. The van der Waals surface area contributed by atoms with Crippen molar-refractivity contribution in [3.05, 3.63) is 77.2 Å². The minimum Gasteiger partial charge on any atom is -0.497 e. The number of fused-ring (bicyclic) bond motifs is 1. The first-order chi connectivity index (χ1) is 14.4. The molecule has 1 aromatic heterocycles. The summed E-state index contributed by atoms with van der Waals surface area (Å²) in [4.78, 5) is 17.0. The second-order valence-electron chi connectivity index (χ2n) is 6.85. The Balaban J connectivity index is 1.50. The first-order valence-electron chi connectivity index (χ1n) is 9.24. The number of carbonyl (C=O) groups is 1. The molecular formula is C23H18F2N2O2S. The third-order valence-electron chi connectivity index (χ3n) is 4.91. The number of nitrogens with zero attached hydrogens (tertiary/aromatic N) is 1. The number of nitrogens with one attached hydrogen (secondary N) is 1. The van der Waals surface area contributed by atoms with E-state index in [1.165, 1.54) is 17.4 Å². The van der Waals surface area contributed by atoms with Gasteiger partial charge in [-0.2, -0.15) is 0 Å². The Kier molecular flexibility index (Phi) is 5.46. The SMILES string of the molecule is COc1ccc2cc(C(C)C(=O)Nc3nc(-c4ccc(F)c(F)c4)cs3)ccc2c1. The number of anilines is 1. The number of hydrogen-bond acceptors (Lipinski definition) is 4. The Bertz CT molecular complexity index is 1240. The van der Waals surface area contributed by atoms with Gasteiger partial charge in [0.25, 0.3) is 0 Å². The summed E-state index contributed by atoms with van der Waals surface area (Å²) < 4.78 is 31.8. The third kappa shape index (κ3) is 4.02. The maximum absolute atomic E-state index is 13.5. The van der Waals surface area contributed by atoms with Gasteiger partial charge in [-0.25, -0.2) is 13.8 Å². The van der Waals surface area contributed by atoms with Gasteiger partial charge in [0.1, 0.15) is 5.75 Å². The second-order valence-corrected chi connectivity index (χ2v) is 7.71. The number of rotatable bonds is 5. The van der Waals surface area contributed by atoms with Crippen molar-refractivity contribution in [2.24, 2.45) is 0 Å². The van der Waals surface area contributed by atoms with Crippen molar-refractivity contribution in [3.63, 3.8) is 0 Å². The fraction of sp³-hybridized carbons (Fsp3) is 0.130. The van der Waals surface area contributed by atoms with Crippen LogP contribution >= 0.6 is 11.3 Å². The number of hydrogen-bond donors (Lipinski definition) is 1. The Labute approximate surface area is 176 Å². The van der Waals surface area contributed by atoms with Crippen LogP contribution in [0, 0.1) is 11.6 Å². The molecule has 0 saturated heterocycles. The predicted molar refractivity (Wildman–Crippen MR) is 115 cm³/mol.